The summed E-state index contributed by atoms with van der Waals surface area (Å²) in [7, 11) is -8.64. The second-order valence-corrected chi connectivity index (χ2v) is 19.1. The average molecular weight is 662 g/mol. The van der Waals surface area contributed by atoms with Gasteiger partial charge in [0.05, 0.1) is 23.3 Å². The molecule has 2 heterocycles. The molecule has 1 unspecified atom stereocenters. The van der Waals surface area contributed by atoms with Crippen LogP contribution in [0.2, 0.25) is 28.2 Å². The Bertz CT molecular complexity index is 1580. The Labute approximate surface area is 254 Å². The molecule has 2 atom stereocenters. The quantitative estimate of drug-likeness (QED) is 0.179. The zero-order chi connectivity index (χ0) is 31.5. The van der Waals surface area contributed by atoms with Gasteiger partial charge in [-0.3, -0.25) is 4.79 Å². The van der Waals surface area contributed by atoms with Gasteiger partial charge >= 0.3 is 15.6 Å². The van der Waals surface area contributed by atoms with E-state index in [9.17, 15) is 31.6 Å². The van der Waals surface area contributed by atoms with E-state index in [1.807, 2.05) is 39.9 Å². The van der Waals surface area contributed by atoms with Crippen LogP contribution in [-0.2, 0) is 29.9 Å². The second-order valence-electron chi connectivity index (χ2n) is 12.0. The fourth-order valence-corrected chi connectivity index (χ4v) is 7.49. The number of hydrogen-bond acceptors (Lipinski definition) is 6. The normalized spacial score (nSPS) is 21.5. The van der Waals surface area contributed by atoms with Crippen LogP contribution in [0.1, 0.15) is 43.9 Å². The van der Waals surface area contributed by atoms with Crippen LogP contribution in [0.15, 0.2) is 48.2 Å². The highest BCUT2D eigenvalue weighted by Gasteiger charge is 2.62. The summed E-state index contributed by atoms with van der Waals surface area (Å²) in [5, 5.41) is 9.17. The largest absolute Gasteiger partial charge is 0.534 e. The third-order valence-electron chi connectivity index (χ3n) is 8.05. The molecule has 2 aromatic carbocycles. The number of carbonyl (C=O) groups excluding carboxylic acids is 1. The molecule has 42 heavy (non-hydrogen) atoms. The fourth-order valence-electron chi connectivity index (χ4n) is 5.07. The maximum Gasteiger partial charge on any atom is 0.534 e. The number of alkyl halides is 3. The number of hydrogen-bond donors (Lipinski definition) is 0. The molecule has 0 saturated carbocycles. The maximum absolute atomic E-state index is 14.1. The van der Waals surface area contributed by atoms with Gasteiger partial charge in [-0.15, -0.1) is 0 Å². The van der Waals surface area contributed by atoms with E-state index < -0.39 is 47.3 Å². The molecule has 0 aromatic heterocycles. The molecule has 0 aliphatic carbocycles. The van der Waals surface area contributed by atoms with Crippen LogP contribution in [-0.4, -0.2) is 51.2 Å². The summed E-state index contributed by atoms with van der Waals surface area (Å²) in [6.07, 6.45) is -0.765. The van der Waals surface area contributed by atoms with E-state index in [1.54, 1.807) is 12.1 Å². The molecule has 4 rings (SSSR count). The Hall–Kier alpha value is -2.56. The average Bonchev–Trinajstić information content (AvgIpc) is 3.28. The molecule has 2 aliphatic heterocycles. The summed E-state index contributed by atoms with van der Waals surface area (Å²) in [6, 6.07) is 12.2. The van der Waals surface area contributed by atoms with E-state index in [2.05, 4.69) is 0 Å². The molecule has 0 spiro atoms. The standard InChI is InChI=1S/C28H29Cl2F3N2O5SSi/c1-26(2,3)42(4,5)40-22-14-27(13-17-6-8-18(15-34)9-7-17)24(39-41(37,38)28(31,32)33)23(25(36)35(27)16-22)19-10-20(29)12-21(30)11-19/h6-12,22H,13-14,16H2,1-5H3/t22-,27?/m1/s1. The highest BCUT2D eigenvalue weighted by atomic mass is 35.5. The van der Waals surface area contributed by atoms with Crippen molar-refractivity contribution in [3.05, 3.63) is 75.0 Å². The lowest BCUT2D eigenvalue weighted by molar-refractivity contribution is -0.126. The van der Waals surface area contributed by atoms with E-state index in [4.69, 9.17) is 31.8 Å². The first-order valence-corrected chi connectivity index (χ1v) is 18.0. The van der Waals surface area contributed by atoms with Crippen molar-refractivity contribution in [1.82, 2.24) is 4.90 Å². The molecule has 1 fully saturated rings. The van der Waals surface area contributed by atoms with Crippen LogP contribution in [0.5, 0.6) is 0 Å². The number of carbonyl (C=O) groups is 1. The van der Waals surface area contributed by atoms with Crippen molar-refractivity contribution in [1.29, 1.82) is 5.26 Å². The Balaban J connectivity index is 1.96. The van der Waals surface area contributed by atoms with Gasteiger partial charge in [0, 0.05) is 29.4 Å². The SMILES string of the molecule is CC(C)(C)[Si](C)(C)O[C@H]1CN2C(=O)C(c3cc(Cl)cc(Cl)c3)=C(OS(=O)(=O)C(F)(F)F)C2(Cc2ccc(C#N)cc2)C1. The summed E-state index contributed by atoms with van der Waals surface area (Å²) in [5.41, 5.74) is -6.91. The summed E-state index contributed by atoms with van der Waals surface area (Å²) in [6.45, 7) is 10.1. The number of nitrogens with zero attached hydrogens (tertiary/aromatic N) is 2. The van der Waals surface area contributed by atoms with Crippen LogP contribution >= 0.6 is 23.2 Å². The lowest BCUT2D eigenvalue weighted by atomic mass is 9.85. The Kier molecular flexibility index (Phi) is 8.36. The van der Waals surface area contributed by atoms with Gasteiger partial charge in [-0.2, -0.15) is 26.9 Å². The number of nitriles is 1. The summed E-state index contributed by atoms with van der Waals surface area (Å²) < 4.78 is 77.7. The maximum atomic E-state index is 14.1. The fraction of sp³-hybridized carbons (Fsp3) is 0.429. The van der Waals surface area contributed by atoms with Crippen LogP contribution in [0.25, 0.3) is 5.57 Å². The molecule has 1 amide bonds. The molecule has 2 aliphatic rings. The van der Waals surface area contributed by atoms with Crippen molar-refractivity contribution < 1.29 is 35.0 Å². The zero-order valence-electron chi connectivity index (χ0n) is 23.5. The predicted molar refractivity (Wildman–Crippen MR) is 155 cm³/mol. The minimum absolute atomic E-state index is 0.0142. The monoisotopic (exact) mass is 660 g/mol. The van der Waals surface area contributed by atoms with Gasteiger partial charge in [0.15, 0.2) is 14.1 Å². The molecule has 14 heteroatoms. The van der Waals surface area contributed by atoms with Crippen molar-refractivity contribution in [2.75, 3.05) is 6.54 Å². The third kappa shape index (κ3) is 5.94. The summed E-state index contributed by atoms with van der Waals surface area (Å²) in [5.74, 6) is -1.41. The van der Waals surface area contributed by atoms with Gasteiger partial charge in [-0.1, -0.05) is 56.1 Å². The zero-order valence-corrected chi connectivity index (χ0v) is 26.8. The van der Waals surface area contributed by atoms with Gasteiger partial charge in [-0.05, 0) is 59.6 Å². The van der Waals surface area contributed by atoms with Crippen molar-refractivity contribution in [3.63, 3.8) is 0 Å². The van der Waals surface area contributed by atoms with E-state index in [1.165, 1.54) is 35.2 Å². The molecule has 0 N–H and O–H groups in total. The highest BCUT2D eigenvalue weighted by Crippen LogP contribution is 2.52. The Morgan fingerprint density at radius 3 is 2.17 bits per heavy atom. The van der Waals surface area contributed by atoms with Crippen molar-refractivity contribution in [2.24, 2.45) is 0 Å². The lowest BCUT2D eigenvalue weighted by Gasteiger charge is -2.38. The first-order valence-electron chi connectivity index (χ1n) is 12.9. The van der Waals surface area contributed by atoms with Crippen molar-refractivity contribution >= 4 is 53.1 Å². The topological polar surface area (TPSA) is 96.7 Å². The molecule has 226 valence electrons. The molecule has 1 saturated heterocycles. The number of benzene rings is 2. The molecule has 0 radical (unpaired) electrons. The van der Waals surface area contributed by atoms with Gasteiger partial charge in [-0.25, -0.2) is 0 Å². The second kappa shape index (κ2) is 10.9. The Morgan fingerprint density at radius 1 is 1.10 bits per heavy atom. The van der Waals surface area contributed by atoms with E-state index in [0.717, 1.165) is 0 Å². The van der Waals surface area contributed by atoms with Gasteiger partial charge < -0.3 is 13.5 Å². The minimum Gasteiger partial charge on any atom is -0.412 e. The number of halogens is 5. The molecule has 2 aromatic rings. The minimum atomic E-state index is -6.20. The Morgan fingerprint density at radius 2 is 1.67 bits per heavy atom. The molecule has 0 bridgehead atoms. The molecular formula is C28H29Cl2F3N2O5SSi. The molecule has 7 nitrogen and oxygen atoms in total. The van der Waals surface area contributed by atoms with E-state index in [-0.39, 0.29) is 45.6 Å². The van der Waals surface area contributed by atoms with Crippen LogP contribution in [0.4, 0.5) is 13.2 Å². The van der Waals surface area contributed by atoms with Crippen molar-refractivity contribution in [2.45, 2.75) is 68.9 Å². The number of rotatable bonds is 7. The van der Waals surface area contributed by atoms with E-state index in [0.29, 0.717) is 11.1 Å². The third-order valence-corrected chi connectivity index (χ3v) is 14.0. The van der Waals surface area contributed by atoms with Crippen molar-refractivity contribution in [3.8, 4) is 6.07 Å². The summed E-state index contributed by atoms with van der Waals surface area (Å²) in [4.78, 5) is 15.4. The first-order chi connectivity index (χ1) is 19.2. The first kappa shape index (κ1) is 32.4. The summed E-state index contributed by atoms with van der Waals surface area (Å²) >= 11 is 12.3. The van der Waals surface area contributed by atoms with E-state index >= 15 is 0 Å². The van der Waals surface area contributed by atoms with Gasteiger partial charge in [0.25, 0.3) is 5.91 Å². The van der Waals surface area contributed by atoms with Gasteiger partial charge in [0.2, 0.25) is 0 Å². The number of amides is 1. The van der Waals surface area contributed by atoms with Crippen LogP contribution < -0.4 is 0 Å². The number of fused-ring (bicyclic) bond motifs is 1. The van der Waals surface area contributed by atoms with Crippen LogP contribution in [0, 0.1) is 11.3 Å². The highest BCUT2D eigenvalue weighted by molar-refractivity contribution is 7.87. The molecular weight excluding hydrogens is 632 g/mol. The predicted octanol–water partition coefficient (Wildman–Crippen LogP) is 7.06. The van der Waals surface area contributed by atoms with Gasteiger partial charge in [0.1, 0.15) is 5.54 Å². The smallest absolute Gasteiger partial charge is 0.412 e. The lowest BCUT2D eigenvalue weighted by Crippen LogP contribution is -2.46. The van der Waals surface area contributed by atoms with Crippen LogP contribution in [0.3, 0.4) is 0 Å².